The van der Waals surface area contributed by atoms with Gasteiger partial charge < -0.3 is 15.0 Å². The Balaban J connectivity index is 0.000000235. The van der Waals surface area contributed by atoms with Gasteiger partial charge in [0.25, 0.3) is 0 Å². The van der Waals surface area contributed by atoms with Crippen molar-refractivity contribution in [3.63, 3.8) is 0 Å². The molecule has 298 valence electrons. The summed E-state index contributed by atoms with van der Waals surface area (Å²) in [6.07, 6.45) is 2.66. The monoisotopic (exact) mass is 709 g/mol. The van der Waals surface area contributed by atoms with Gasteiger partial charge in [-0.05, 0) is 117 Å². The Morgan fingerprint density at radius 2 is 0.840 bits per heavy atom. The molecule has 5 rings (SSSR count). The van der Waals surface area contributed by atoms with E-state index in [0.717, 1.165) is 45.4 Å². The standard InChI is InChI=1S/C13H26N2O.C11H24N2.C9H20N2.C8H18N2/c1-13(2,3)15-6-4-12(5-7-15)14-8-10-16-11-9-14;1-10(2)12-6-8-13(9-7-12)11(3,4)5;1-9(2,3)11-7-5-10(4)6-8-11;1-8(2,3)10-6-4-9-5-7-10/h12H,4-11H2,1-3H3;10H,6-9H2,1-5H3;5-8H2,1-4H3;9H,4-7H2,1-3H3. The average molecular weight is 709 g/mol. The second-order valence-corrected chi connectivity index (χ2v) is 19.7. The van der Waals surface area contributed by atoms with Gasteiger partial charge in [0.1, 0.15) is 0 Å². The van der Waals surface area contributed by atoms with Gasteiger partial charge in [-0.2, -0.15) is 0 Å². The molecule has 0 unspecified atom stereocenters. The fourth-order valence-corrected chi connectivity index (χ4v) is 7.57. The van der Waals surface area contributed by atoms with Gasteiger partial charge in [-0.15, -0.1) is 0 Å². The molecule has 5 fully saturated rings. The summed E-state index contributed by atoms with van der Waals surface area (Å²) in [6, 6.07) is 1.52. The first kappa shape index (κ1) is 45.8. The van der Waals surface area contributed by atoms with Crippen molar-refractivity contribution in [2.24, 2.45) is 0 Å². The van der Waals surface area contributed by atoms with Gasteiger partial charge in [-0.25, -0.2) is 0 Å². The normalized spacial score (nSPS) is 24.5. The Labute approximate surface area is 312 Å². The molecule has 50 heavy (non-hydrogen) atoms. The summed E-state index contributed by atoms with van der Waals surface area (Å²) < 4.78 is 5.41. The Morgan fingerprint density at radius 3 is 1.20 bits per heavy atom. The van der Waals surface area contributed by atoms with Crippen molar-refractivity contribution >= 4 is 0 Å². The maximum Gasteiger partial charge on any atom is 0.0594 e. The molecule has 5 heterocycles. The lowest BCUT2D eigenvalue weighted by atomic mass is 9.97. The number of likely N-dealkylation sites (tertiary alicyclic amines) is 1. The molecule has 0 amide bonds. The van der Waals surface area contributed by atoms with E-state index in [2.05, 4.69) is 144 Å². The van der Waals surface area contributed by atoms with Gasteiger partial charge in [-0.1, -0.05) is 0 Å². The lowest BCUT2D eigenvalue weighted by molar-refractivity contribution is -0.00891. The first-order chi connectivity index (χ1) is 23.1. The second kappa shape index (κ2) is 20.9. The summed E-state index contributed by atoms with van der Waals surface area (Å²) in [4.78, 5) is 17.8. The minimum Gasteiger partial charge on any atom is -0.379 e. The largest absolute Gasteiger partial charge is 0.379 e. The van der Waals surface area contributed by atoms with Crippen LogP contribution in [0.2, 0.25) is 0 Å². The third-order valence-corrected chi connectivity index (χ3v) is 11.5. The van der Waals surface area contributed by atoms with Gasteiger partial charge in [0.15, 0.2) is 0 Å². The lowest BCUT2D eigenvalue weighted by Crippen LogP contribution is -2.54. The van der Waals surface area contributed by atoms with Crippen LogP contribution in [0.1, 0.15) is 110 Å². The Kier molecular flexibility index (Phi) is 19.2. The van der Waals surface area contributed by atoms with Crippen LogP contribution in [0.3, 0.4) is 0 Å². The first-order valence-electron chi connectivity index (χ1n) is 20.5. The zero-order valence-electron chi connectivity index (χ0n) is 36.3. The van der Waals surface area contributed by atoms with Crippen molar-refractivity contribution in [2.75, 3.05) is 125 Å². The number of ether oxygens (including phenoxy) is 1. The predicted molar refractivity (Wildman–Crippen MR) is 218 cm³/mol. The molecule has 9 heteroatoms. The van der Waals surface area contributed by atoms with Crippen LogP contribution >= 0.6 is 0 Å². The highest BCUT2D eigenvalue weighted by molar-refractivity contribution is 4.87. The van der Waals surface area contributed by atoms with E-state index in [1.807, 2.05) is 0 Å². The zero-order chi connectivity index (χ0) is 37.8. The fourth-order valence-electron chi connectivity index (χ4n) is 7.57. The van der Waals surface area contributed by atoms with Gasteiger partial charge in [-0.3, -0.25) is 29.4 Å². The molecule has 5 saturated heterocycles. The molecule has 0 saturated carbocycles. The van der Waals surface area contributed by atoms with Crippen LogP contribution in [-0.4, -0.2) is 194 Å². The number of hydrogen-bond donors (Lipinski definition) is 1. The summed E-state index contributed by atoms with van der Waals surface area (Å²) >= 11 is 0. The van der Waals surface area contributed by atoms with E-state index < -0.39 is 0 Å². The van der Waals surface area contributed by atoms with Crippen LogP contribution in [0.25, 0.3) is 0 Å². The third-order valence-electron chi connectivity index (χ3n) is 11.5. The number of rotatable bonds is 2. The molecule has 0 aromatic rings. The molecule has 5 aliphatic rings. The molecule has 1 N–H and O–H groups in total. The summed E-state index contributed by atoms with van der Waals surface area (Å²) in [5.74, 6) is 0. The summed E-state index contributed by atoms with van der Waals surface area (Å²) in [5, 5.41) is 3.35. The molecule has 0 bridgehead atoms. The number of morpholine rings is 1. The van der Waals surface area contributed by atoms with Crippen LogP contribution in [0.15, 0.2) is 0 Å². The van der Waals surface area contributed by atoms with Crippen LogP contribution in [0, 0.1) is 0 Å². The van der Waals surface area contributed by atoms with Crippen molar-refractivity contribution in [3.05, 3.63) is 0 Å². The number of piperazine rings is 3. The van der Waals surface area contributed by atoms with Crippen molar-refractivity contribution in [2.45, 2.75) is 144 Å². The van der Waals surface area contributed by atoms with E-state index in [0.29, 0.717) is 28.2 Å². The minimum atomic E-state index is 0.343. The van der Waals surface area contributed by atoms with Crippen LogP contribution in [0.5, 0.6) is 0 Å². The van der Waals surface area contributed by atoms with Crippen molar-refractivity contribution in [1.82, 2.24) is 39.6 Å². The fraction of sp³-hybridized carbons (Fsp3) is 1.00. The van der Waals surface area contributed by atoms with E-state index in [-0.39, 0.29) is 0 Å². The van der Waals surface area contributed by atoms with Gasteiger partial charge in [0.05, 0.1) is 13.2 Å². The topological polar surface area (TPSA) is 43.9 Å². The maximum atomic E-state index is 5.41. The number of piperidine rings is 1. The number of nitrogens with zero attached hydrogens (tertiary/aromatic N) is 7. The lowest BCUT2D eigenvalue weighted by Gasteiger charge is -2.44. The van der Waals surface area contributed by atoms with Gasteiger partial charge in [0, 0.05) is 139 Å². The van der Waals surface area contributed by atoms with Crippen LogP contribution < -0.4 is 5.32 Å². The number of nitrogens with one attached hydrogen (secondary N) is 1. The van der Waals surface area contributed by atoms with Gasteiger partial charge >= 0.3 is 0 Å². The summed E-state index contributed by atoms with van der Waals surface area (Å²) in [5.41, 5.74) is 1.42. The van der Waals surface area contributed by atoms with Crippen LogP contribution in [-0.2, 0) is 4.74 Å². The molecule has 0 aromatic heterocycles. The highest BCUT2D eigenvalue weighted by atomic mass is 16.5. The summed E-state index contributed by atoms with van der Waals surface area (Å²) in [6.45, 7) is 53.3. The van der Waals surface area contributed by atoms with E-state index in [1.54, 1.807) is 0 Å². The van der Waals surface area contributed by atoms with Crippen molar-refractivity contribution < 1.29 is 4.74 Å². The quantitative estimate of drug-likeness (QED) is 0.422. The molecular formula is C41H88N8O. The molecule has 9 nitrogen and oxygen atoms in total. The first-order valence-corrected chi connectivity index (χ1v) is 20.5. The highest BCUT2D eigenvalue weighted by Gasteiger charge is 2.30. The smallest absolute Gasteiger partial charge is 0.0594 e. The number of likely N-dealkylation sites (N-methyl/N-ethyl adjacent to an activating group) is 1. The van der Waals surface area contributed by atoms with Crippen molar-refractivity contribution in [3.8, 4) is 0 Å². The molecule has 0 spiro atoms. The van der Waals surface area contributed by atoms with E-state index in [1.165, 1.54) is 91.4 Å². The molecule has 0 atom stereocenters. The SMILES string of the molecule is CC(C)(C)N1CCC(N2CCOCC2)CC1.CC(C)(C)N1CCNCC1.CC(C)N1CCN(C(C)(C)C)CC1.CN1CCN(C(C)(C)C)CC1. The van der Waals surface area contributed by atoms with Crippen molar-refractivity contribution in [1.29, 1.82) is 0 Å². The predicted octanol–water partition coefficient (Wildman–Crippen LogP) is 5.11. The zero-order valence-corrected chi connectivity index (χ0v) is 36.3. The van der Waals surface area contributed by atoms with E-state index in [4.69, 9.17) is 4.74 Å². The highest BCUT2D eigenvalue weighted by Crippen LogP contribution is 2.23. The van der Waals surface area contributed by atoms with Gasteiger partial charge in [0.2, 0.25) is 0 Å². The summed E-state index contributed by atoms with van der Waals surface area (Å²) in [7, 11) is 2.19. The van der Waals surface area contributed by atoms with E-state index in [9.17, 15) is 0 Å². The molecule has 0 radical (unpaired) electrons. The molecule has 5 aliphatic heterocycles. The molecular weight excluding hydrogens is 621 g/mol. The Bertz CT molecular complexity index is 866. The Hall–Kier alpha value is -0.360. The second-order valence-electron chi connectivity index (χ2n) is 19.7. The number of hydrogen-bond acceptors (Lipinski definition) is 9. The van der Waals surface area contributed by atoms with Crippen LogP contribution in [0.4, 0.5) is 0 Å². The molecule has 0 aliphatic carbocycles. The average Bonchev–Trinajstić information content (AvgIpc) is 3.05. The third kappa shape index (κ3) is 17.2. The molecule has 0 aromatic carbocycles. The van der Waals surface area contributed by atoms with E-state index >= 15 is 0 Å². The minimum absolute atomic E-state index is 0.343. The Morgan fingerprint density at radius 1 is 0.480 bits per heavy atom. The maximum absolute atomic E-state index is 5.41.